The molecule has 1 atom stereocenters. The van der Waals surface area contributed by atoms with E-state index in [1.807, 2.05) is 13.0 Å². The van der Waals surface area contributed by atoms with Gasteiger partial charge >= 0.3 is 0 Å². The first-order valence-corrected chi connectivity index (χ1v) is 6.91. The lowest BCUT2D eigenvalue weighted by atomic mass is 10.1. The number of benzene rings is 1. The molecule has 0 spiro atoms. The monoisotopic (exact) mass is 330 g/mol. The highest BCUT2D eigenvalue weighted by Gasteiger charge is 2.19. The Balaban J connectivity index is 2.44. The van der Waals surface area contributed by atoms with Crippen LogP contribution in [0.3, 0.4) is 0 Å². The zero-order chi connectivity index (χ0) is 13.3. The molecule has 18 heavy (non-hydrogen) atoms. The zero-order valence-electron chi connectivity index (χ0n) is 9.91. The van der Waals surface area contributed by atoms with E-state index in [4.69, 9.17) is 4.74 Å². The lowest BCUT2D eigenvalue weighted by Crippen LogP contribution is -2.01. The smallest absolute Gasteiger partial charge is 0.125 e. The van der Waals surface area contributed by atoms with Gasteiger partial charge in [-0.05, 0) is 47.1 Å². The second-order valence-electron chi connectivity index (χ2n) is 3.84. The first-order valence-electron chi connectivity index (χ1n) is 5.30. The normalized spacial score (nSPS) is 12.5. The second kappa shape index (κ2) is 5.38. The van der Waals surface area contributed by atoms with Crippen LogP contribution in [-0.2, 0) is 0 Å². The molecule has 2 nitrogen and oxygen atoms in total. The SMILES string of the molecule is COc1ccc(F)cc1C(O)c1cc(Br)c(C)s1. The number of methoxy groups -OCH3 is 1. The Kier molecular flexibility index (Phi) is 4.04. The van der Waals surface area contributed by atoms with Crippen molar-refractivity contribution in [1.82, 2.24) is 0 Å². The molecule has 1 aromatic heterocycles. The highest BCUT2D eigenvalue weighted by molar-refractivity contribution is 9.10. The van der Waals surface area contributed by atoms with Gasteiger partial charge in [-0.3, -0.25) is 0 Å². The van der Waals surface area contributed by atoms with Crippen molar-refractivity contribution >= 4 is 27.3 Å². The van der Waals surface area contributed by atoms with Gasteiger partial charge in [-0.15, -0.1) is 11.3 Å². The van der Waals surface area contributed by atoms with Gasteiger partial charge in [0.2, 0.25) is 0 Å². The molecule has 2 rings (SSSR count). The fourth-order valence-corrected chi connectivity index (χ4v) is 3.25. The molecule has 5 heteroatoms. The van der Waals surface area contributed by atoms with Crippen LogP contribution in [0.25, 0.3) is 0 Å². The largest absolute Gasteiger partial charge is 0.496 e. The third-order valence-electron chi connectivity index (χ3n) is 2.63. The van der Waals surface area contributed by atoms with Crippen LogP contribution in [-0.4, -0.2) is 12.2 Å². The van der Waals surface area contributed by atoms with Crippen LogP contribution in [0.15, 0.2) is 28.7 Å². The number of halogens is 2. The van der Waals surface area contributed by atoms with E-state index in [1.54, 1.807) is 0 Å². The number of hydrogen-bond donors (Lipinski definition) is 1. The van der Waals surface area contributed by atoms with E-state index in [0.717, 1.165) is 14.2 Å². The summed E-state index contributed by atoms with van der Waals surface area (Å²) in [6.45, 7) is 1.95. The molecule has 0 bridgehead atoms. The van der Waals surface area contributed by atoms with Crippen molar-refractivity contribution in [3.8, 4) is 5.75 Å². The highest BCUT2D eigenvalue weighted by Crippen LogP contribution is 2.37. The van der Waals surface area contributed by atoms with Crippen molar-refractivity contribution in [1.29, 1.82) is 0 Å². The second-order valence-corrected chi connectivity index (χ2v) is 5.98. The molecule has 0 radical (unpaired) electrons. The molecule has 2 aromatic rings. The minimum Gasteiger partial charge on any atom is -0.496 e. The molecule has 1 heterocycles. The Hall–Kier alpha value is -0.910. The number of aryl methyl sites for hydroxylation is 1. The summed E-state index contributed by atoms with van der Waals surface area (Å²) in [5, 5.41) is 10.3. The zero-order valence-corrected chi connectivity index (χ0v) is 12.3. The molecule has 1 aromatic carbocycles. The highest BCUT2D eigenvalue weighted by atomic mass is 79.9. The van der Waals surface area contributed by atoms with Crippen molar-refractivity contribution < 1.29 is 14.2 Å². The molecular weight excluding hydrogens is 319 g/mol. The van der Waals surface area contributed by atoms with Gasteiger partial charge in [0, 0.05) is 19.8 Å². The number of aliphatic hydroxyl groups is 1. The molecular formula is C13H12BrFO2S. The molecule has 0 fully saturated rings. The van der Waals surface area contributed by atoms with Crippen molar-refractivity contribution in [2.75, 3.05) is 7.11 Å². The summed E-state index contributed by atoms with van der Waals surface area (Å²) in [5.74, 6) is 0.0864. The molecule has 96 valence electrons. The summed E-state index contributed by atoms with van der Waals surface area (Å²) >= 11 is 4.87. The molecule has 0 aliphatic carbocycles. The van der Waals surface area contributed by atoms with Crippen molar-refractivity contribution in [2.45, 2.75) is 13.0 Å². The molecule has 0 saturated heterocycles. The number of ether oxygens (including phenoxy) is 1. The predicted octanol–water partition coefficient (Wildman–Crippen LogP) is 4.05. The van der Waals surface area contributed by atoms with Gasteiger partial charge in [0.15, 0.2) is 0 Å². The van der Waals surface area contributed by atoms with Gasteiger partial charge in [0.1, 0.15) is 17.7 Å². The Morgan fingerprint density at radius 3 is 2.67 bits per heavy atom. The van der Waals surface area contributed by atoms with E-state index in [1.165, 1.54) is 36.6 Å². The number of hydrogen-bond acceptors (Lipinski definition) is 3. The first kappa shape index (κ1) is 13.5. The average Bonchev–Trinajstić information content (AvgIpc) is 2.68. The van der Waals surface area contributed by atoms with Crippen LogP contribution in [0.4, 0.5) is 4.39 Å². The van der Waals surface area contributed by atoms with Gasteiger partial charge in [0.25, 0.3) is 0 Å². The maximum absolute atomic E-state index is 13.3. The van der Waals surface area contributed by atoms with Gasteiger partial charge in [-0.1, -0.05) is 0 Å². The van der Waals surface area contributed by atoms with E-state index in [0.29, 0.717) is 11.3 Å². The minimum absolute atomic E-state index is 0.391. The fraction of sp³-hybridized carbons (Fsp3) is 0.231. The predicted molar refractivity (Wildman–Crippen MR) is 73.8 cm³/mol. The quantitative estimate of drug-likeness (QED) is 0.919. The maximum atomic E-state index is 13.3. The number of thiophene rings is 1. The summed E-state index contributed by atoms with van der Waals surface area (Å²) in [6.07, 6.45) is -0.884. The summed E-state index contributed by atoms with van der Waals surface area (Å²) in [5.41, 5.74) is 0.436. The summed E-state index contributed by atoms with van der Waals surface area (Å²) in [4.78, 5) is 1.82. The third kappa shape index (κ3) is 2.58. The van der Waals surface area contributed by atoms with Crippen molar-refractivity contribution in [3.05, 3.63) is 49.9 Å². The van der Waals surface area contributed by atoms with Crippen LogP contribution in [0.5, 0.6) is 5.75 Å². The van der Waals surface area contributed by atoms with Crippen LogP contribution in [0, 0.1) is 12.7 Å². The van der Waals surface area contributed by atoms with Crippen LogP contribution in [0.2, 0.25) is 0 Å². The molecule has 1 unspecified atom stereocenters. The van der Waals surface area contributed by atoms with E-state index in [2.05, 4.69) is 15.9 Å². The molecule has 0 saturated carbocycles. The van der Waals surface area contributed by atoms with Crippen LogP contribution in [0.1, 0.15) is 21.4 Å². The minimum atomic E-state index is -0.884. The lowest BCUT2D eigenvalue weighted by Gasteiger charge is -2.13. The van der Waals surface area contributed by atoms with Gasteiger partial charge in [0.05, 0.1) is 7.11 Å². The maximum Gasteiger partial charge on any atom is 0.125 e. The molecule has 0 aliphatic rings. The van der Waals surface area contributed by atoms with Crippen LogP contribution < -0.4 is 4.74 Å². The van der Waals surface area contributed by atoms with Gasteiger partial charge in [-0.2, -0.15) is 0 Å². The molecule has 1 N–H and O–H groups in total. The molecule has 0 amide bonds. The Labute approximate surface area is 117 Å². The summed E-state index contributed by atoms with van der Waals surface area (Å²) in [7, 11) is 1.50. The van der Waals surface area contributed by atoms with Gasteiger partial charge < -0.3 is 9.84 Å². The van der Waals surface area contributed by atoms with E-state index in [-0.39, 0.29) is 0 Å². The average molecular weight is 331 g/mol. The van der Waals surface area contributed by atoms with E-state index < -0.39 is 11.9 Å². The summed E-state index contributed by atoms with van der Waals surface area (Å²) in [6, 6.07) is 5.97. The van der Waals surface area contributed by atoms with Crippen molar-refractivity contribution in [2.24, 2.45) is 0 Å². The van der Waals surface area contributed by atoms with E-state index >= 15 is 0 Å². The Morgan fingerprint density at radius 1 is 1.39 bits per heavy atom. The topological polar surface area (TPSA) is 29.5 Å². The van der Waals surface area contributed by atoms with E-state index in [9.17, 15) is 9.50 Å². The Morgan fingerprint density at radius 2 is 2.11 bits per heavy atom. The number of aliphatic hydroxyl groups excluding tert-OH is 1. The van der Waals surface area contributed by atoms with Crippen LogP contribution >= 0.6 is 27.3 Å². The fourth-order valence-electron chi connectivity index (χ4n) is 1.69. The lowest BCUT2D eigenvalue weighted by molar-refractivity contribution is 0.218. The summed E-state index contributed by atoms with van der Waals surface area (Å²) < 4.78 is 19.4. The van der Waals surface area contributed by atoms with Gasteiger partial charge in [-0.25, -0.2) is 4.39 Å². The Bertz CT molecular complexity index is 549. The van der Waals surface area contributed by atoms with Crippen molar-refractivity contribution in [3.63, 3.8) is 0 Å². The molecule has 0 aliphatic heterocycles. The standard InChI is InChI=1S/C13H12BrFO2S/c1-7-10(14)6-12(18-7)13(16)9-5-8(15)3-4-11(9)17-2/h3-6,13,16H,1-2H3. The third-order valence-corrected chi connectivity index (χ3v) is 4.82. The first-order chi connectivity index (χ1) is 8.52. The number of rotatable bonds is 3.